The third kappa shape index (κ3) is 4.07. The van der Waals surface area contributed by atoms with Crippen molar-refractivity contribution >= 4 is 11.8 Å². The number of pyridine rings is 2. The summed E-state index contributed by atoms with van der Waals surface area (Å²) in [5, 5.41) is 10.2. The lowest BCUT2D eigenvalue weighted by Gasteiger charge is -2.36. The number of guanidine groups is 1. The van der Waals surface area contributed by atoms with Crippen molar-refractivity contribution in [3.8, 4) is 0 Å². The number of aryl methyl sites for hydroxylation is 2. The summed E-state index contributed by atoms with van der Waals surface area (Å²) in [6, 6.07) is 8.53. The normalized spacial score (nSPS) is 16.1. The van der Waals surface area contributed by atoms with E-state index in [1.165, 1.54) is 16.8 Å². The topological polar surface area (TPSA) is 90.9 Å². The van der Waals surface area contributed by atoms with E-state index in [1.807, 2.05) is 24.5 Å². The Kier molecular flexibility index (Phi) is 5.48. The molecule has 3 rings (SSSR count). The first kappa shape index (κ1) is 17.2. The number of rotatable bonds is 6. The molecule has 0 aromatic carbocycles. The maximum Gasteiger partial charge on any atom is 0.185 e. The van der Waals surface area contributed by atoms with Crippen molar-refractivity contribution in [3.05, 3.63) is 53.5 Å². The highest BCUT2D eigenvalue weighted by molar-refractivity contribution is 5.74. The average molecular weight is 338 g/mol. The second-order valence-corrected chi connectivity index (χ2v) is 6.49. The summed E-state index contributed by atoms with van der Waals surface area (Å²) in [4.78, 5) is 11.7. The van der Waals surface area contributed by atoms with Crippen LogP contribution in [0.25, 0.3) is 0 Å². The third-order valence-electron chi connectivity index (χ3n) is 4.69. The van der Waals surface area contributed by atoms with E-state index in [4.69, 9.17) is 16.1 Å². The fourth-order valence-corrected chi connectivity index (χ4v) is 3.55. The van der Waals surface area contributed by atoms with Gasteiger partial charge in [-0.05, 0) is 55.9 Å². The van der Waals surface area contributed by atoms with Crippen molar-refractivity contribution < 1.29 is 0 Å². The quantitative estimate of drug-likeness (QED) is 0.428. The van der Waals surface area contributed by atoms with Gasteiger partial charge in [-0.25, -0.2) is 4.98 Å². The number of fused-ring (bicyclic) bond motifs is 1. The molecule has 4 N–H and O–H groups in total. The summed E-state index contributed by atoms with van der Waals surface area (Å²) in [6.07, 6.45) is 7.97. The lowest BCUT2D eigenvalue weighted by atomic mass is 9.90. The number of hydrogen-bond donors (Lipinski definition) is 3. The standard InChI is InChI=1S/C19H26N6/c1-14-6-3-11-23-18(14)25(13-5-12-24-19(20)21)16-9-2-7-15-8-4-10-22-17(15)16/h3-4,6,8,10-11,16H,2,5,7,9,12-13H2,1H3,(H4,20,21,24). The second kappa shape index (κ2) is 7.96. The van der Waals surface area contributed by atoms with Crippen molar-refractivity contribution in [3.63, 3.8) is 0 Å². The number of nitrogens with two attached hydrogens (primary N) is 1. The Morgan fingerprint density at radius 2 is 2.12 bits per heavy atom. The Morgan fingerprint density at radius 3 is 2.92 bits per heavy atom. The maximum absolute atomic E-state index is 7.30. The van der Waals surface area contributed by atoms with Crippen molar-refractivity contribution in [1.29, 1.82) is 5.41 Å². The predicted octanol–water partition coefficient (Wildman–Crippen LogP) is 2.54. The second-order valence-electron chi connectivity index (χ2n) is 6.49. The maximum atomic E-state index is 7.30. The molecule has 0 amide bonds. The molecule has 0 saturated heterocycles. The first-order valence-corrected chi connectivity index (χ1v) is 8.87. The van der Waals surface area contributed by atoms with Crippen LogP contribution in [0.2, 0.25) is 0 Å². The molecule has 25 heavy (non-hydrogen) atoms. The van der Waals surface area contributed by atoms with Gasteiger partial charge in [0.1, 0.15) is 5.82 Å². The van der Waals surface area contributed by atoms with Gasteiger partial charge in [0.25, 0.3) is 0 Å². The van der Waals surface area contributed by atoms with Gasteiger partial charge < -0.3 is 16.0 Å². The van der Waals surface area contributed by atoms with Gasteiger partial charge in [0.05, 0.1) is 11.7 Å². The third-order valence-corrected chi connectivity index (χ3v) is 4.69. The molecule has 1 unspecified atom stereocenters. The largest absolute Gasteiger partial charge is 0.370 e. The molecule has 132 valence electrons. The highest BCUT2D eigenvalue weighted by Crippen LogP contribution is 2.36. The molecule has 0 fully saturated rings. The molecule has 0 radical (unpaired) electrons. The van der Waals surface area contributed by atoms with Crippen molar-refractivity contribution in [2.45, 2.75) is 38.6 Å². The zero-order chi connectivity index (χ0) is 17.6. The van der Waals surface area contributed by atoms with E-state index in [0.717, 1.165) is 38.0 Å². The molecule has 2 aromatic rings. The van der Waals surface area contributed by atoms with Crippen LogP contribution >= 0.6 is 0 Å². The summed E-state index contributed by atoms with van der Waals surface area (Å²) in [5.41, 5.74) is 9.08. The van der Waals surface area contributed by atoms with Crippen molar-refractivity contribution in [2.75, 3.05) is 18.0 Å². The van der Waals surface area contributed by atoms with E-state index in [2.05, 4.69) is 34.3 Å². The van der Waals surface area contributed by atoms with Gasteiger partial charge in [0, 0.05) is 25.5 Å². The predicted molar refractivity (Wildman–Crippen MR) is 101 cm³/mol. The molecular weight excluding hydrogens is 312 g/mol. The highest BCUT2D eigenvalue weighted by Gasteiger charge is 2.28. The van der Waals surface area contributed by atoms with Crippen LogP contribution in [-0.2, 0) is 6.42 Å². The lowest BCUT2D eigenvalue weighted by Crippen LogP contribution is -2.37. The van der Waals surface area contributed by atoms with Gasteiger partial charge >= 0.3 is 0 Å². The number of anilines is 1. The van der Waals surface area contributed by atoms with Crippen LogP contribution in [0.4, 0.5) is 5.82 Å². The van der Waals surface area contributed by atoms with Crippen LogP contribution in [0.15, 0.2) is 36.7 Å². The minimum absolute atomic E-state index is 0.0187. The fourth-order valence-electron chi connectivity index (χ4n) is 3.55. The Balaban J connectivity index is 1.86. The van der Waals surface area contributed by atoms with Gasteiger partial charge in [0.2, 0.25) is 0 Å². The molecule has 1 aliphatic rings. The minimum Gasteiger partial charge on any atom is -0.370 e. The summed E-state index contributed by atoms with van der Waals surface area (Å²) in [7, 11) is 0. The number of nitrogens with zero attached hydrogens (tertiary/aromatic N) is 3. The summed E-state index contributed by atoms with van der Waals surface area (Å²) in [5.74, 6) is 1.04. The SMILES string of the molecule is Cc1cccnc1N(CCCNC(=N)N)C1CCCc2cccnc21. The molecule has 0 saturated carbocycles. The molecule has 2 aromatic heterocycles. The number of hydrogen-bond acceptors (Lipinski definition) is 4. The Hall–Kier alpha value is -2.63. The number of aromatic nitrogens is 2. The molecule has 6 heteroatoms. The number of nitrogens with one attached hydrogen (secondary N) is 2. The average Bonchev–Trinajstić information content (AvgIpc) is 2.62. The van der Waals surface area contributed by atoms with E-state index in [0.29, 0.717) is 6.54 Å². The molecule has 1 aliphatic carbocycles. The Labute approximate surface area is 149 Å². The molecule has 0 bridgehead atoms. The molecule has 1 atom stereocenters. The van der Waals surface area contributed by atoms with Crippen LogP contribution in [0, 0.1) is 12.3 Å². The van der Waals surface area contributed by atoms with E-state index < -0.39 is 0 Å². The van der Waals surface area contributed by atoms with Crippen LogP contribution in [0.1, 0.15) is 42.1 Å². The van der Waals surface area contributed by atoms with Gasteiger partial charge in [-0.3, -0.25) is 10.4 Å². The van der Waals surface area contributed by atoms with Crippen molar-refractivity contribution in [1.82, 2.24) is 15.3 Å². The monoisotopic (exact) mass is 338 g/mol. The van der Waals surface area contributed by atoms with Crippen molar-refractivity contribution in [2.24, 2.45) is 5.73 Å². The van der Waals surface area contributed by atoms with Gasteiger partial charge in [-0.2, -0.15) is 0 Å². The Bertz CT molecular complexity index is 729. The fraction of sp³-hybridized carbons (Fsp3) is 0.421. The van der Waals surface area contributed by atoms with Gasteiger partial charge in [0.15, 0.2) is 5.96 Å². The zero-order valence-electron chi connectivity index (χ0n) is 14.7. The van der Waals surface area contributed by atoms with Crippen LogP contribution in [0.5, 0.6) is 0 Å². The molecule has 6 nitrogen and oxygen atoms in total. The first-order valence-electron chi connectivity index (χ1n) is 8.87. The van der Waals surface area contributed by atoms with E-state index >= 15 is 0 Å². The summed E-state index contributed by atoms with van der Waals surface area (Å²) in [6.45, 7) is 3.63. The molecule has 0 aliphatic heterocycles. The summed E-state index contributed by atoms with van der Waals surface area (Å²) >= 11 is 0. The van der Waals surface area contributed by atoms with E-state index in [1.54, 1.807) is 0 Å². The van der Waals surface area contributed by atoms with E-state index in [-0.39, 0.29) is 12.0 Å². The smallest absolute Gasteiger partial charge is 0.185 e. The van der Waals surface area contributed by atoms with Gasteiger partial charge in [-0.15, -0.1) is 0 Å². The Morgan fingerprint density at radius 1 is 1.32 bits per heavy atom. The minimum atomic E-state index is 0.0187. The van der Waals surface area contributed by atoms with E-state index in [9.17, 15) is 0 Å². The first-order chi connectivity index (χ1) is 12.2. The highest BCUT2D eigenvalue weighted by atomic mass is 15.2. The zero-order valence-corrected chi connectivity index (χ0v) is 14.7. The van der Waals surface area contributed by atoms with Crippen LogP contribution in [0.3, 0.4) is 0 Å². The van der Waals surface area contributed by atoms with Crippen LogP contribution in [-0.4, -0.2) is 29.0 Å². The lowest BCUT2D eigenvalue weighted by molar-refractivity contribution is 0.496. The van der Waals surface area contributed by atoms with Crippen LogP contribution < -0.4 is 16.0 Å². The summed E-state index contributed by atoms with van der Waals surface area (Å²) < 4.78 is 0. The van der Waals surface area contributed by atoms with Gasteiger partial charge in [-0.1, -0.05) is 12.1 Å². The molecule has 2 heterocycles. The molecule has 0 spiro atoms. The molecular formula is C19H26N6.